The number of aryl methyl sites for hydroxylation is 1. The zero-order valence-corrected chi connectivity index (χ0v) is 22.3. The van der Waals surface area contributed by atoms with Gasteiger partial charge in [0.15, 0.2) is 5.65 Å². The Bertz CT molecular complexity index is 1450. The predicted octanol–water partition coefficient (Wildman–Crippen LogP) is 5.75. The van der Waals surface area contributed by atoms with Gasteiger partial charge in [-0.05, 0) is 81.5 Å². The number of anilines is 1. The molecule has 0 unspecified atom stereocenters. The first kappa shape index (κ1) is 25.7. The Morgan fingerprint density at radius 1 is 1.16 bits per heavy atom. The SMILES string of the molecule is COc1ccc(Cc2cc(NCCC(C)(C)F)c3ncc(-c4ccc(C(=O)NC5CC5)c(C)c4)n3n2)cc1. The number of benzene rings is 2. The Hall–Kier alpha value is -3.94. The average Bonchev–Trinajstić information content (AvgIpc) is 3.58. The van der Waals surface area contributed by atoms with Crippen LogP contribution >= 0.6 is 0 Å². The van der Waals surface area contributed by atoms with Crippen LogP contribution < -0.4 is 15.4 Å². The summed E-state index contributed by atoms with van der Waals surface area (Å²) in [5, 5.41) is 11.4. The molecule has 1 fully saturated rings. The summed E-state index contributed by atoms with van der Waals surface area (Å²) in [6.07, 6.45) is 4.87. The highest BCUT2D eigenvalue weighted by atomic mass is 19.1. The van der Waals surface area contributed by atoms with Crippen molar-refractivity contribution in [2.45, 2.75) is 58.2 Å². The van der Waals surface area contributed by atoms with E-state index in [9.17, 15) is 9.18 Å². The molecule has 38 heavy (non-hydrogen) atoms. The Morgan fingerprint density at radius 3 is 2.58 bits per heavy atom. The van der Waals surface area contributed by atoms with E-state index in [0.717, 1.165) is 52.4 Å². The number of amides is 1. The summed E-state index contributed by atoms with van der Waals surface area (Å²) in [6, 6.07) is 16.0. The number of nitrogens with one attached hydrogen (secondary N) is 2. The van der Waals surface area contributed by atoms with E-state index in [0.29, 0.717) is 36.6 Å². The van der Waals surface area contributed by atoms with Gasteiger partial charge in [-0.3, -0.25) is 4.79 Å². The van der Waals surface area contributed by atoms with Gasteiger partial charge in [-0.1, -0.05) is 18.2 Å². The predicted molar refractivity (Wildman–Crippen MR) is 148 cm³/mol. The van der Waals surface area contributed by atoms with Crippen LogP contribution in [0.2, 0.25) is 0 Å². The van der Waals surface area contributed by atoms with Crippen LogP contribution in [0.25, 0.3) is 16.9 Å². The Balaban J connectivity index is 1.49. The first-order chi connectivity index (χ1) is 18.2. The largest absolute Gasteiger partial charge is 0.497 e. The maximum atomic E-state index is 14.1. The molecule has 198 valence electrons. The highest BCUT2D eigenvalue weighted by Crippen LogP contribution is 2.28. The highest BCUT2D eigenvalue weighted by molar-refractivity contribution is 5.96. The van der Waals surface area contributed by atoms with Crippen molar-refractivity contribution in [1.29, 1.82) is 0 Å². The van der Waals surface area contributed by atoms with Crippen molar-refractivity contribution in [3.8, 4) is 17.0 Å². The maximum absolute atomic E-state index is 14.1. The molecule has 0 atom stereocenters. The van der Waals surface area contributed by atoms with Gasteiger partial charge in [0.05, 0.1) is 30.4 Å². The molecule has 1 aliphatic rings. The third-order valence-electron chi connectivity index (χ3n) is 6.78. The van der Waals surface area contributed by atoms with Crippen LogP contribution in [0.3, 0.4) is 0 Å². The van der Waals surface area contributed by atoms with Crippen molar-refractivity contribution in [2.24, 2.45) is 0 Å². The molecule has 7 nitrogen and oxygen atoms in total. The number of methoxy groups -OCH3 is 1. The molecule has 2 aromatic heterocycles. The molecule has 1 saturated carbocycles. The Labute approximate surface area is 222 Å². The summed E-state index contributed by atoms with van der Waals surface area (Å²) in [5.41, 5.74) is 5.46. The first-order valence-electron chi connectivity index (χ1n) is 13.1. The van der Waals surface area contributed by atoms with E-state index in [2.05, 4.69) is 15.6 Å². The van der Waals surface area contributed by atoms with Crippen molar-refractivity contribution >= 4 is 17.2 Å². The van der Waals surface area contributed by atoms with Crippen LogP contribution in [0.4, 0.5) is 10.1 Å². The summed E-state index contributed by atoms with van der Waals surface area (Å²) < 4.78 is 21.3. The van der Waals surface area contributed by atoms with Gasteiger partial charge < -0.3 is 15.4 Å². The number of alkyl halides is 1. The van der Waals surface area contributed by atoms with E-state index < -0.39 is 5.67 Å². The number of imidazole rings is 1. The van der Waals surface area contributed by atoms with E-state index >= 15 is 0 Å². The molecule has 2 aromatic carbocycles. The van der Waals surface area contributed by atoms with Crippen LogP contribution in [-0.4, -0.2) is 45.9 Å². The smallest absolute Gasteiger partial charge is 0.251 e. The molecule has 0 spiro atoms. The van der Waals surface area contributed by atoms with E-state index in [-0.39, 0.29) is 5.91 Å². The molecule has 0 aliphatic heterocycles. The highest BCUT2D eigenvalue weighted by Gasteiger charge is 2.24. The van der Waals surface area contributed by atoms with Crippen molar-refractivity contribution in [2.75, 3.05) is 19.0 Å². The number of halogens is 1. The van der Waals surface area contributed by atoms with Crippen molar-refractivity contribution in [3.63, 3.8) is 0 Å². The number of rotatable bonds is 10. The Morgan fingerprint density at radius 2 is 1.92 bits per heavy atom. The number of carbonyl (C=O) groups excluding carboxylic acids is 1. The van der Waals surface area contributed by atoms with E-state index in [1.54, 1.807) is 27.2 Å². The average molecular weight is 516 g/mol. The third kappa shape index (κ3) is 5.96. The zero-order valence-electron chi connectivity index (χ0n) is 22.3. The molecule has 0 saturated heterocycles. The molecular weight excluding hydrogens is 481 g/mol. The van der Waals surface area contributed by atoms with Crippen LogP contribution in [0.1, 0.15) is 60.3 Å². The zero-order chi connectivity index (χ0) is 26.9. The molecule has 8 heteroatoms. The van der Waals surface area contributed by atoms with Gasteiger partial charge in [-0.25, -0.2) is 13.9 Å². The Kier molecular flexibility index (Phi) is 7.06. The fourth-order valence-electron chi connectivity index (χ4n) is 4.45. The van der Waals surface area contributed by atoms with Gasteiger partial charge in [0, 0.05) is 30.1 Å². The normalized spacial score (nSPS) is 13.5. The molecule has 1 amide bonds. The summed E-state index contributed by atoms with van der Waals surface area (Å²) in [5.74, 6) is 0.770. The lowest BCUT2D eigenvalue weighted by molar-refractivity contribution is 0.0950. The maximum Gasteiger partial charge on any atom is 0.251 e. The van der Waals surface area contributed by atoms with Gasteiger partial charge in [0.2, 0.25) is 0 Å². The second kappa shape index (κ2) is 10.4. The van der Waals surface area contributed by atoms with E-state index in [1.165, 1.54) is 0 Å². The number of hydrogen-bond donors (Lipinski definition) is 2. The topological polar surface area (TPSA) is 80.5 Å². The number of nitrogens with zero attached hydrogens (tertiary/aromatic N) is 3. The summed E-state index contributed by atoms with van der Waals surface area (Å²) >= 11 is 0. The van der Waals surface area contributed by atoms with Crippen molar-refractivity contribution in [3.05, 3.63) is 77.1 Å². The number of ether oxygens (including phenoxy) is 1. The van der Waals surface area contributed by atoms with Crippen molar-refractivity contribution in [1.82, 2.24) is 19.9 Å². The molecule has 4 aromatic rings. The summed E-state index contributed by atoms with van der Waals surface area (Å²) in [6.45, 7) is 5.58. The van der Waals surface area contributed by atoms with E-state index in [1.807, 2.05) is 60.0 Å². The van der Waals surface area contributed by atoms with Crippen molar-refractivity contribution < 1.29 is 13.9 Å². The van der Waals surface area contributed by atoms with Crippen LogP contribution in [0.5, 0.6) is 5.75 Å². The summed E-state index contributed by atoms with van der Waals surface area (Å²) in [4.78, 5) is 17.3. The lowest BCUT2D eigenvalue weighted by Gasteiger charge is -2.16. The molecule has 5 rings (SSSR count). The second-order valence-electron chi connectivity index (χ2n) is 10.6. The standard InChI is InChI=1S/C30H34FN5O2/c1-19-15-21(7-12-25(19)29(37)34-22-8-9-22)27-18-33-28-26(32-14-13-30(2,3)31)17-23(35-36(27)28)16-20-5-10-24(38-4)11-6-20/h5-7,10-12,15,17-18,22,32H,8-9,13-14,16H2,1-4H3,(H,34,37). The quantitative estimate of drug-likeness (QED) is 0.281. The first-order valence-corrected chi connectivity index (χ1v) is 13.1. The van der Waals surface area contributed by atoms with Gasteiger partial charge >= 0.3 is 0 Å². The number of hydrogen-bond acceptors (Lipinski definition) is 5. The van der Waals surface area contributed by atoms with Crippen LogP contribution in [0, 0.1) is 6.92 Å². The lowest BCUT2D eigenvalue weighted by Crippen LogP contribution is -2.26. The molecule has 0 bridgehead atoms. The van der Waals surface area contributed by atoms with E-state index in [4.69, 9.17) is 9.84 Å². The molecule has 0 radical (unpaired) electrons. The monoisotopic (exact) mass is 515 g/mol. The molecule has 2 N–H and O–H groups in total. The van der Waals surface area contributed by atoms with Gasteiger partial charge in [0.1, 0.15) is 11.4 Å². The fraction of sp³-hybridized carbons (Fsp3) is 0.367. The van der Waals surface area contributed by atoms with Gasteiger partial charge in [-0.15, -0.1) is 0 Å². The third-order valence-corrected chi connectivity index (χ3v) is 6.78. The minimum Gasteiger partial charge on any atom is -0.497 e. The molecular formula is C30H34FN5O2. The molecule has 1 aliphatic carbocycles. The van der Waals surface area contributed by atoms with Gasteiger partial charge in [-0.2, -0.15) is 5.10 Å². The van der Waals surface area contributed by atoms with Gasteiger partial charge in [0.25, 0.3) is 5.91 Å². The number of carbonyl (C=O) groups is 1. The fourth-order valence-corrected chi connectivity index (χ4v) is 4.45. The second-order valence-corrected chi connectivity index (χ2v) is 10.6. The number of aromatic nitrogens is 3. The van der Waals surface area contributed by atoms with Crippen LogP contribution in [0.15, 0.2) is 54.7 Å². The minimum absolute atomic E-state index is 0.0307. The van der Waals surface area contributed by atoms with Crippen LogP contribution in [-0.2, 0) is 6.42 Å². The summed E-state index contributed by atoms with van der Waals surface area (Å²) in [7, 11) is 1.65. The number of fused-ring (bicyclic) bond motifs is 1. The lowest BCUT2D eigenvalue weighted by atomic mass is 10.0. The molecule has 2 heterocycles. The minimum atomic E-state index is -1.27.